The summed E-state index contributed by atoms with van der Waals surface area (Å²) < 4.78 is 0. The van der Waals surface area contributed by atoms with E-state index in [-0.39, 0.29) is 29.7 Å². The number of rotatable bonds is 3. The third kappa shape index (κ3) is 2.43. The Morgan fingerprint density at radius 3 is 2.56 bits per heavy atom. The van der Waals surface area contributed by atoms with Gasteiger partial charge in [-0.15, -0.1) is 0 Å². The lowest BCUT2D eigenvalue weighted by Gasteiger charge is -2.26. The molecule has 0 saturated carbocycles. The van der Waals surface area contributed by atoms with Crippen molar-refractivity contribution in [1.29, 1.82) is 0 Å². The molecule has 0 radical (unpaired) electrons. The fraction of sp³-hybridized carbons (Fsp3) is 0.545. The van der Waals surface area contributed by atoms with Crippen molar-refractivity contribution in [2.24, 2.45) is 0 Å². The van der Waals surface area contributed by atoms with E-state index < -0.39 is 18.2 Å². The number of aliphatic hydroxyl groups is 3. The topological polar surface area (TPSA) is 98.0 Å². The summed E-state index contributed by atoms with van der Waals surface area (Å²) >= 11 is 0. The zero-order valence-electron chi connectivity index (χ0n) is 9.05. The van der Waals surface area contributed by atoms with Gasteiger partial charge in [-0.05, 0) is 25.3 Å². The summed E-state index contributed by atoms with van der Waals surface area (Å²) in [7, 11) is 0. The van der Waals surface area contributed by atoms with Gasteiger partial charge >= 0.3 is 5.97 Å². The first-order valence-electron chi connectivity index (χ1n) is 5.21. The molecule has 0 aromatic rings. The first-order valence-corrected chi connectivity index (χ1v) is 5.21. The van der Waals surface area contributed by atoms with E-state index in [1.165, 1.54) is 6.08 Å². The molecule has 5 nitrogen and oxygen atoms in total. The number of carbonyl (C=O) groups is 1. The molecular weight excluding hydrogens is 212 g/mol. The molecular formula is C11H16O5. The number of carboxylic acid groups (broad SMARTS) is 1. The van der Waals surface area contributed by atoms with Gasteiger partial charge in [0.2, 0.25) is 0 Å². The molecule has 0 spiro atoms. The number of aliphatic carboxylic acids is 1. The first kappa shape index (κ1) is 12.7. The van der Waals surface area contributed by atoms with Crippen LogP contribution in [0.15, 0.2) is 23.0 Å². The van der Waals surface area contributed by atoms with Crippen molar-refractivity contribution in [3.8, 4) is 0 Å². The molecule has 0 saturated heterocycles. The van der Waals surface area contributed by atoms with E-state index >= 15 is 0 Å². The highest BCUT2D eigenvalue weighted by Gasteiger charge is 2.34. The zero-order chi connectivity index (χ0) is 12.3. The molecule has 0 heterocycles. The molecule has 0 aliphatic heterocycles. The molecule has 0 aromatic heterocycles. The molecule has 0 aromatic carbocycles. The first-order chi connectivity index (χ1) is 7.49. The molecule has 5 heteroatoms. The predicted octanol–water partition coefficient (Wildman–Crippen LogP) is 0.735. The minimum absolute atomic E-state index is 0.120. The smallest absolute Gasteiger partial charge is 0.334 e. The molecule has 0 bridgehead atoms. The fourth-order valence-electron chi connectivity index (χ4n) is 1.79. The number of hydrogen-bond acceptors (Lipinski definition) is 4. The molecule has 1 rings (SSSR count). The Morgan fingerprint density at radius 2 is 2.06 bits per heavy atom. The minimum Gasteiger partial charge on any atom is -0.508 e. The molecule has 2 atom stereocenters. The average molecular weight is 228 g/mol. The summed E-state index contributed by atoms with van der Waals surface area (Å²) in [5.41, 5.74) is -0.0897. The van der Waals surface area contributed by atoms with Gasteiger partial charge in [-0.3, -0.25) is 0 Å². The normalized spacial score (nSPS) is 27.1. The van der Waals surface area contributed by atoms with Gasteiger partial charge in [-0.25, -0.2) is 4.79 Å². The third-order valence-electron chi connectivity index (χ3n) is 2.61. The van der Waals surface area contributed by atoms with Gasteiger partial charge in [0.05, 0.1) is 11.7 Å². The SMILES string of the molecule is CC/C=C(\O)C1=C(C(=O)O)[C@H](O)[C@@H](O)CC1. The Hall–Kier alpha value is -1.33. The Morgan fingerprint density at radius 1 is 1.44 bits per heavy atom. The average Bonchev–Trinajstić information content (AvgIpc) is 2.21. The highest BCUT2D eigenvalue weighted by atomic mass is 16.4. The van der Waals surface area contributed by atoms with Crippen molar-refractivity contribution >= 4 is 5.97 Å². The highest BCUT2D eigenvalue weighted by molar-refractivity contribution is 5.90. The van der Waals surface area contributed by atoms with Crippen molar-refractivity contribution in [2.75, 3.05) is 0 Å². The number of allylic oxidation sites excluding steroid dienone is 2. The van der Waals surface area contributed by atoms with E-state index in [4.69, 9.17) is 5.11 Å². The summed E-state index contributed by atoms with van der Waals surface area (Å²) in [6, 6.07) is 0. The highest BCUT2D eigenvalue weighted by Crippen LogP contribution is 2.29. The van der Waals surface area contributed by atoms with Crippen molar-refractivity contribution in [3.05, 3.63) is 23.0 Å². The van der Waals surface area contributed by atoms with Gasteiger partial charge in [0, 0.05) is 5.57 Å². The monoisotopic (exact) mass is 228 g/mol. The van der Waals surface area contributed by atoms with Gasteiger partial charge in [-0.1, -0.05) is 6.92 Å². The van der Waals surface area contributed by atoms with E-state index in [0.29, 0.717) is 6.42 Å². The maximum Gasteiger partial charge on any atom is 0.334 e. The second kappa shape index (κ2) is 5.14. The van der Waals surface area contributed by atoms with E-state index in [1.54, 1.807) is 0 Å². The van der Waals surface area contributed by atoms with Crippen LogP contribution in [0.3, 0.4) is 0 Å². The Labute approximate surface area is 93.3 Å². The van der Waals surface area contributed by atoms with Crippen LogP contribution in [-0.2, 0) is 4.79 Å². The Balaban J connectivity index is 3.18. The molecule has 4 N–H and O–H groups in total. The standard InChI is InChI=1S/C11H16O5/c1-2-3-7(12)6-4-5-8(13)10(14)9(6)11(15)16/h3,8,10,12-14H,2,4-5H2,1H3,(H,15,16)/b7-3-/t8-,10+/m0/s1. The lowest BCUT2D eigenvalue weighted by molar-refractivity contribution is -0.135. The summed E-state index contributed by atoms with van der Waals surface area (Å²) in [5.74, 6) is -1.43. The van der Waals surface area contributed by atoms with Crippen LogP contribution in [0, 0.1) is 0 Å². The van der Waals surface area contributed by atoms with Gasteiger partial charge < -0.3 is 20.4 Å². The van der Waals surface area contributed by atoms with Crippen LogP contribution in [0.25, 0.3) is 0 Å². The van der Waals surface area contributed by atoms with Crippen molar-refractivity contribution in [1.82, 2.24) is 0 Å². The summed E-state index contributed by atoms with van der Waals surface area (Å²) in [6.07, 6.45) is 0.0404. The quantitative estimate of drug-likeness (QED) is 0.534. The summed E-state index contributed by atoms with van der Waals surface area (Å²) in [4.78, 5) is 11.0. The van der Waals surface area contributed by atoms with Crippen LogP contribution in [0.4, 0.5) is 0 Å². The zero-order valence-corrected chi connectivity index (χ0v) is 9.05. The number of aliphatic hydroxyl groups excluding tert-OH is 3. The van der Waals surface area contributed by atoms with Crippen molar-refractivity contribution < 1.29 is 25.2 Å². The fourth-order valence-corrected chi connectivity index (χ4v) is 1.79. The van der Waals surface area contributed by atoms with Crippen LogP contribution >= 0.6 is 0 Å². The summed E-state index contributed by atoms with van der Waals surface area (Å²) in [5, 5.41) is 37.5. The third-order valence-corrected chi connectivity index (χ3v) is 2.61. The lowest BCUT2D eigenvalue weighted by atomic mass is 9.86. The second-order valence-electron chi connectivity index (χ2n) is 3.75. The van der Waals surface area contributed by atoms with Crippen LogP contribution in [0.2, 0.25) is 0 Å². The van der Waals surface area contributed by atoms with E-state index in [0.717, 1.165) is 0 Å². The maximum atomic E-state index is 11.0. The van der Waals surface area contributed by atoms with Crippen molar-refractivity contribution in [2.45, 2.75) is 38.4 Å². The summed E-state index contributed by atoms with van der Waals surface area (Å²) in [6.45, 7) is 1.81. The molecule has 0 fully saturated rings. The lowest BCUT2D eigenvalue weighted by Crippen LogP contribution is -2.36. The van der Waals surface area contributed by atoms with E-state index in [9.17, 15) is 20.1 Å². The van der Waals surface area contributed by atoms with E-state index in [1.807, 2.05) is 6.92 Å². The van der Waals surface area contributed by atoms with Crippen LogP contribution in [0.1, 0.15) is 26.2 Å². The second-order valence-corrected chi connectivity index (χ2v) is 3.75. The molecule has 16 heavy (non-hydrogen) atoms. The minimum atomic E-state index is -1.44. The Kier molecular flexibility index (Phi) is 4.09. The van der Waals surface area contributed by atoms with Crippen LogP contribution in [0.5, 0.6) is 0 Å². The molecule has 0 unspecified atom stereocenters. The van der Waals surface area contributed by atoms with Crippen molar-refractivity contribution in [3.63, 3.8) is 0 Å². The largest absolute Gasteiger partial charge is 0.508 e. The molecule has 1 aliphatic rings. The molecule has 1 aliphatic carbocycles. The molecule has 0 amide bonds. The number of carboxylic acids is 1. The Bertz CT molecular complexity index is 342. The van der Waals surface area contributed by atoms with Gasteiger partial charge in [0.1, 0.15) is 11.9 Å². The van der Waals surface area contributed by atoms with Gasteiger partial charge in [-0.2, -0.15) is 0 Å². The number of hydrogen-bond donors (Lipinski definition) is 4. The van der Waals surface area contributed by atoms with Gasteiger partial charge in [0.25, 0.3) is 0 Å². The molecule has 90 valence electrons. The van der Waals surface area contributed by atoms with Crippen LogP contribution < -0.4 is 0 Å². The maximum absolute atomic E-state index is 11.0. The predicted molar refractivity (Wildman–Crippen MR) is 56.9 cm³/mol. The van der Waals surface area contributed by atoms with Crippen LogP contribution in [-0.4, -0.2) is 38.6 Å². The van der Waals surface area contributed by atoms with E-state index in [2.05, 4.69) is 0 Å². The van der Waals surface area contributed by atoms with Gasteiger partial charge in [0.15, 0.2) is 0 Å².